The van der Waals surface area contributed by atoms with Crippen molar-refractivity contribution in [1.82, 2.24) is 5.32 Å². The van der Waals surface area contributed by atoms with Gasteiger partial charge in [-0.05, 0) is 17.2 Å². The molecule has 1 aromatic carbocycles. The van der Waals surface area contributed by atoms with E-state index in [0.717, 1.165) is 5.56 Å². The third kappa shape index (κ3) is 1.77. The highest BCUT2D eigenvalue weighted by atomic mass is 19.1. The fourth-order valence-corrected chi connectivity index (χ4v) is 1.94. The molecule has 3 heteroatoms. The van der Waals surface area contributed by atoms with Crippen molar-refractivity contribution < 1.29 is 9.18 Å². The molecule has 78 valence electrons. The topological polar surface area (TPSA) is 29.1 Å². The molecule has 1 amide bonds. The quantitative estimate of drug-likeness (QED) is 0.738. The highest BCUT2D eigenvalue weighted by Gasteiger charge is 2.30. The molecule has 0 bridgehead atoms. The van der Waals surface area contributed by atoms with Crippen LogP contribution >= 0.6 is 0 Å². The Bertz CT molecular complexity index is 402. The monoisotopic (exact) mass is 205 g/mol. The predicted octanol–water partition coefficient (Wildman–Crippen LogP) is 2.44. The Morgan fingerprint density at radius 2 is 2.13 bits per heavy atom. The fourth-order valence-electron chi connectivity index (χ4n) is 1.94. The minimum atomic E-state index is -0.976. The molecule has 1 aromatic rings. The minimum Gasteiger partial charge on any atom is -0.346 e. The second-order valence-electron chi connectivity index (χ2n) is 3.60. The number of carbonyl (C=O) groups is 1. The molecule has 2 nitrogen and oxygen atoms in total. The van der Waals surface area contributed by atoms with Gasteiger partial charge in [0, 0.05) is 6.42 Å². The van der Waals surface area contributed by atoms with Gasteiger partial charge in [-0.2, -0.15) is 0 Å². The summed E-state index contributed by atoms with van der Waals surface area (Å²) in [4.78, 5) is 11.1. The molecule has 15 heavy (non-hydrogen) atoms. The van der Waals surface area contributed by atoms with Crippen LogP contribution < -0.4 is 5.32 Å². The number of fused-ring (bicyclic) bond motifs is 1. The maximum Gasteiger partial charge on any atom is 0.243 e. The van der Waals surface area contributed by atoms with Gasteiger partial charge in [-0.25, -0.2) is 4.39 Å². The Hall–Kier alpha value is -1.64. The summed E-state index contributed by atoms with van der Waals surface area (Å²) in [5, 5.41) is 2.72. The molecule has 0 aliphatic heterocycles. The number of hydrogen-bond acceptors (Lipinski definition) is 1. The van der Waals surface area contributed by atoms with Gasteiger partial charge in [0.2, 0.25) is 5.91 Å². The number of alkyl halides is 1. The third-order valence-corrected chi connectivity index (χ3v) is 2.65. The van der Waals surface area contributed by atoms with Gasteiger partial charge in [-0.1, -0.05) is 30.8 Å². The number of rotatable bonds is 2. The molecule has 1 N–H and O–H groups in total. The van der Waals surface area contributed by atoms with E-state index in [1.165, 1.54) is 6.08 Å². The molecule has 0 heterocycles. The van der Waals surface area contributed by atoms with E-state index >= 15 is 0 Å². The van der Waals surface area contributed by atoms with Gasteiger partial charge >= 0.3 is 0 Å². The molecule has 0 saturated heterocycles. The second-order valence-corrected chi connectivity index (χ2v) is 3.60. The lowest BCUT2D eigenvalue weighted by Crippen LogP contribution is -2.24. The van der Waals surface area contributed by atoms with Gasteiger partial charge in [0.25, 0.3) is 0 Å². The first-order valence-electron chi connectivity index (χ1n) is 4.88. The number of halogens is 1. The van der Waals surface area contributed by atoms with Crippen molar-refractivity contribution in [2.45, 2.75) is 18.6 Å². The summed E-state index contributed by atoms with van der Waals surface area (Å²) in [5.74, 6) is -0.260. The Kier molecular flexibility index (Phi) is 2.54. The molecular weight excluding hydrogens is 193 g/mol. The minimum absolute atomic E-state index is 0.221. The van der Waals surface area contributed by atoms with E-state index in [1.807, 2.05) is 18.2 Å². The molecule has 0 fully saturated rings. The van der Waals surface area contributed by atoms with Gasteiger partial charge in [-0.3, -0.25) is 4.79 Å². The molecule has 2 rings (SSSR count). The predicted molar refractivity (Wildman–Crippen MR) is 56.0 cm³/mol. The molecular formula is C12H12FNO. The molecule has 1 aliphatic carbocycles. The summed E-state index contributed by atoms with van der Waals surface area (Å²) in [5.41, 5.74) is 1.56. The third-order valence-electron chi connectivity index (χ3n) is 2.65. The summed E-state index contributed by atoms with van der Waals surface area (Å²) in [6, 6.07) is 7.05. The number of amides is 1. The SMILES string of the molecule is C=CC(=O)NC1CC(F)c2ccccc21. The lowest BCUT2D eigenvalue weighted by Gasteiger charge is -2.11. The number of hydrogen-bond donors (Lipinski definition) is 1. The van der Waals surface area contributed by atoms with Crippen molar-refractivity contribution >= 4 is 5.91 Å². The van der Waals surface area contributed by atoms with Crippen LogP contribution in [0.4, 0.5) is 4.39 Å². The number of benzene rings is 1. The second kappa shape index (κ2) is 3.85. The first-order chi connectivity index (χ1) is 7.22. The summed E-state index contributed by atoms with van der Waals surface area (Å²) in [6.45, 7) is 3.37. The van der Waals surface area contributed by atoms with E-state index < -0.39 is 6.17 Å². The van der Waals surface area contributed by atoms with Crippen LogP contribution in [-0.4, -0.2) is 5.91 Å². The lowest BCUT2D eigenvalue weighted by molar-refractivity contribution is -0.117. The fraction of sp³-hybridized carbons (Fsp3) is 0.250. The lowest BCUT2D eigenvalue weighted by atomic mass is 10.1. The van der Waals surface area contributed by atoms with Crippen molar-refractivity contribution in [2.75, 3.05) is 0 Å². The smallest absolute Gasteiger partial charge is 0.243 e. The highest BCUT2D eigenvalue weighted by molar-refractivity contribution is 5.87. The molecule has 0 saturated carbocycles. The number of carbonyl (C=O) groups excluding carboxylic acids is 1. The van der Waals surface area contributed by atoms with Crippen LogP contribution in [0, 0.1) is 0 Å². The van der Waals surface area contributed by atoms with Crippen LogP contribution in [0.5, 0.6) is 0 Å². The molecule has 0 spiro atoms. The first kappa shape index (κ1) is 9.90. The molecule has 0 aromatic heterocycles. The molecule has 2 unspecified atom stereocenters. The highest BCUT2D eigenvalue weighted by Crippen LogP contribution is 2.40. The molecule has 0 radical (unpaired) electrons. The van der Waals surface area contributed by atoms with E-state index in [1.54, 1.807) is 6.07 Å². The normalized spacial score (nSPS) is 23.3. The Balaban J connectivity index is 2.24. The van der Waals surface area contributed by atoms with Gasteiger partial charge in [0.1, 0.15) is 6.17 Å². The van der Waals surface area contributed by atoms with Crippen LogP contribution in [0.15, 0.2) is 36.9 Å². The average molecular weight is 205 g/mol. The van der Waals surface area contributed by atoms with Gasteiger partial charge in [0.05, 0.1) is 6.04 Å². The molecule has 1 aliphatic rings. The zero-order valence-corrected chi connectivity index (χ0v) is 8.24. The summed E-state index contributed by atoms with van der Waals surface area (Å²) >= 11 is 0. The summed E-state index contributed by atoms with van der Waals surface area (Å²) < 4.78 is 13.5. The average Bonchev–Trinajstić information content (AvgIpc) is 2.57. The zero-order chi connectivity index (χ0) is 10.8. The van der Waals surface area contributed by atoms with E-state index in [9.17, 15) is 9.18 Å². The van der Waals surface area contributed by atoms with Gasteiger partial charge < -0.3 is 5.32 Å². The van der Waals surface area contributed by atoms with E-state index in [2.05, 4.69) is 11.9 Å². The van der Waals surface area contributed by atoms with E-state index in [0.29, 0.717) is 12.0 Å². The van der Waals surface area contributed by atoms with E-state index in [4.69, 9.17) is 0 Å². The van der Waals surface area contributed by atoms with Gasteiger partial charge in [0.15, 0.2) is 0 Å². The Morgan fingerprint density at radius 1 is 1.47 bits per heavy atom. The van der Waals surface area contributed by atoms with Crippen LogP contribution in [-0.2, 0) is 4.79 Å². The summed E-state index contributed by atoms with van der Waals surface area (Å²) in [6.07, 6.45) is 0.545. The Labute approximate surface area is 87.8 Å². The van der Waals surface area contributed by atoms with Crippen LogP contribution in [0.25, 0.3) is 0 Å². The summed E-state index contributed by atoms with van der Waals surface area (Å²) in [7, 11) is 0. The maximum absolute atomic E-state index is 13.5. The van der Waals surface area contributed by atoms with Crippen LogP contribution in [0.2, 0.25) is 0 Å². The zero-order valence-electron chi connectivity index (χ0n) is 8.24. The molecule has 2 atom stereocenters. The maximum atomic E-state index is 13.5. The van der Waals surface area contributed by atoms with Crippen molar-refractivity contribution in [3.63, 3.8) is 0 Å². The Morgan fingerprint density at radius 3 is 2.80 bits per heavy atom. The standard InChI is InChI=1S/C12H12FNO/c1-2-12(15)14-11-7-10(13)8-5-3-4-6-9(8)11/h2-6,10-11H,1,7H2,(H,14,15). The van der Waals surface area contributed by atoms with Crippen molar-refractivity contribution in [3.8, 4) is 0 Å². The van der Waals surface area contributed by atoms with Crippen LogP contribution in [0.1, 0.15) is 29.8 Å². The van der Waals surface area contributed by atoms with Crippen molar-refractivity contribution in [1.29, 1.82) is 0 Å². The van der Waals surface area contributed by atoms with Crippen LogP contribution in [0.3, 0.4) is 0 Å². The van der Waals surface area contributed by atoms with Crippen molar-refractivity contribution in [3.05, 3.63) is 48.0 Å². The van der Waals surface area contributed by atoms with Gasteiger partial charge in [-0.15, -0.1) is 0 Å². The number of nitrogens with one attached hydrogen (secondary N) is 1. The largest absolute Gasteiger partial charge is 0.346 e. The van der Waals surface area contributed by atoms with Crippen molar-refractivity contribution in [2.24, 2.45) is 0 Å². The first-order valence-corrected chi connectivity index (χ1v) is 4.88. The van der Waals surface area contributed by atoms with E-state index in [-0.39, 0.29) is 11.9 Å².